The largest absolute Gasteiger partial charge is 0.465 e. The van der Waals surface area contributed by atoms with Crippen molar-refractivity contribution in [2.24, 2.45) is 46.3 Å². The Morgan fingerprint density at radius 1 is 0.900 bits per heavy atom. The minimum atomic E-state index is -0.983. The number of unbranched alkanes of at least 4 members (excludes halogenated alkanes) is 1. The molecular weight excluding hydrogens is 630 g/mol. The first-order valence-corrected chi connectivity index (χ1v) is 20.1. The third-order valence-corrected chi connectivity index (χ3v) is 13.2. The van der Waals surface area contributed by atoms with Gasteiger partial charge in [0, 0.05) is 32.6 Å². The van der Waals surface area contributed by atoms with Crippen LogP contribution in [0, 0.1) is 46.3 Å². The predicted molar refractivity (Wildman–Crippen MR) is 199 cm³/mol. The zero-order valence-electron chi connectivity index (χ0n) is 32.8. The number of ether oxygens (including phenoxy) is 2. The van der Waals surface area contributed by atoms with E-state index in [0.717, 1.165) is 54.8 Å². The van der Waals surface area contributed by atoms with E-state index in [0.29, 0.717) is 50.9 Å². The SMILES string of the molecule is CC(C)CCC[C@@H](C)[C@H]1CC[C@H]2[C@@H]3CC=C4C[C@@H](OC(=O)NCCCN(CCCCNC(=O)OC(C)(C)C)C(=O)O)CC[C@]4(C)[C@H]3CC[C@]12C. The number of carbonyl (C=O) groups excluding carboxylic acids is 2. The van der Waals surface area contributed by atoms with Gasteiger partial charge in [-0.25, -0.2) is 14.4 Å². The summed E-state index contributed by atoms with van der Waals surface area (Å²) >= 11 is 0. The molecule has 0 heterocycles. The molecule has 4 aliphatic carbocycles. The molecule has 0 saturated heterocycles. The number of amides is 3. The molecule has 3 N–H and O–H groups in total. The average molecular weight is 702 g/mol. The lowest BCUT2D eigenvalue weighted by molar-refractivity contribution is -0.0581. The summed E-state index contributed by atoms with van der Waals surface area (Å²) in [7, 11) is 0. The highest BCUT2D eigenvalue weighted by Gasteiger charge is 2.59. The molecule has 9 heteroatoms. The van der Waals surface area contributed by atoms with Crippen molar-refractivity contribution in [3.8, 4) is 0 Å². The summed E-state index contributed by atoms with van der Waals surface area (Å²) in [5, 5.41) is 15.2. The van der Waals surface area contributed by atoms with E-state index in [-0.39, 0.29) is 11.5 Å². The molecule has 0 bridgehead atoms. The third-order valence-electron chi connectivity index (χ3n) is 13.2. The van der Waals surface area contributed by atoms with Crippen LogP contribution in [0.4, 0.5) is 14.4 Å². The molecule has 0 unspecified atom stereocenters. The molecule has 0 aromatic heterocycles. The predicted octanol–water partition coefficient (Wildman–Crippen LogP) is 9.80. The van der Waals surface area contributed by atoms with Gasteiger partial charge in [0.2, 0.25) is 0 Å². The Bertz CT molecular complexity index is 1180. The van der Waals surface area contributed by atoms with E-state index >= 15 is 0 Å². The van der Waals surface area contributed by atoms with E-state index in [1.165, 1.54) is 61.8 Å². The van der Waals surface area contributed by atoms with Crippen LogP contribution < -0.4 is 10.6 Å². The number of alkyl carbamates (subject to hydrolysis) is 2. The Balaban J connectivity index is 1.18. The summed E-state index contributed by atoms with van der Waals surface area (Å²) in [4.78, 5) is 37.6. The van der Waals surface area contributed by atoms with Crippen molar-refractivity contribution < 1.29 is 29.0 Å². The van der Waals surface area contributed by atoms with Gasteiger partial charge in [0.15, 0.2) is 0 Å². The van der Waals surface area contributed by atoms with Crippen molar-refractivity contribution in [2.75, 3.05) is 26.2 Å². The summed E-state index contributed by atoms with van der Waals surface area (Å²) in [6.45, 7) is 19.3. The maximum atomic E-state index is 12.8. The highest BCUT2D eigenvalue weighted by Crippen LogP contribution is 2.67. The molecule has 286 valence electrons. The number of allylic oxidation sites excluding steroid dienone is 1. The molecule has 3 fully saturated rings. The lowest BCUT2D eigenvalue weighted by Crippen LogP contribution is -2.51. The Hall–Kier alpha value is -2.45. The molecular formula is C41H71N3O6. The maximum absolute atomic E-state index is 12.8. The molecule has 4 rings (SSSR count). The number of hydrogen-bond acceptors (Lipinski definition) is 5. The summed E-state index contributed by atoms with van der Waals surface area (Å²) in [5.41, 5.74) is 1.66. The van der Waals surface area contributed by atoms with E-state index in [4.69, 9.17) is 9.47 Å². The summed E-state index contributed by atoms with van der Waals surface area (Å²) < 4.78 is 11.1. The van der Waals surface area contributed by atoms with Crippen LogP contribution in [0.2, 0.25) is 0 Å². The van der Waals surface area contributed by atoms with Crippen LogP contribution in [-0.4, -0.2) is 66.2 Å². The zero-order chi connectivity index (χ0) is 36.7. The fraction of sp³-hybridized carbons (Fsp3) is 0.878. The molecule has 0 spiro atoms. The van der Waals surface area contributed by atoms with Crippen LogP contribution in [0.15, 0.2) is 11.6 Å². The molecule has 0 aromatic carbocycles. The van der Waals surface area contributed by atoms with Gasteiger partial charge in [-0.2, -0.15) is 0 Å². The van der Waals surface area contributed by atoms with Crippen molar-refractivity contribution in [1.82, 2.24) is 15.5 Å². The van der Waals surface area contributed by atoms with E-state index < -0.39 is 23.9 Å². The Morgan fingerprint density at radius 2 is 1.60 bits per heavy atom. The van der Waals surface area contributed by atoms with Gasteiger partial charge in [-0.3, -0.25) is 0 Å². The number of carboxylic acid groups (broad SMARTS) is 1. The van der Waals surface area contributed by atoms with E-state index in [9.17, 15) is 19.5 Å². The minimum absolute atomic E-state index is 0.105. The van der Waals surface area contributed by atoms with Crippen molar-refractivity contribution >= 4 is 18.3 Å². The van der Waals surface area contributed by atoms with Crippen LogP contribution in [0.3, 0.4) is 0 Å². The molecule has 0 aliphatic heterocycles. The Kier molecular flexibility index (Phi) is 14.0. The monoisotopic (exact) mass is 702 g/mol. The van der Waals surface area contributed by atoms with Gasteiger partial charge in [0.1, 0.15) is 11.7 Å². The lowest BCUT2D eigenvalue weighted by atomic mass is 9.47. The van der Waals surface area contributed by atoms with Gasteiger partial charge in [-0.15, -0.1) is 0 Å². The first-order valence-electron chi connectivity index (χ1n) is 20.1. The number of nitrogens with one attached hydrogen (secondary N) is 2. The lowest BCUT2D eigenvalue weighted by Gasteiger charge is -2.58. The second-order valence-electron chi connectivity index (χ2n) is 18.2. The van der Waals surface area contributed by atoms with Gasteiger partial charge >= 0.3 is 18.3 Å². The third kappa shape index (κ3) is 10.3. The number of rotatable bonds is 15. The van der Waals surface area contributed by atoms with Crippen LogP contribution in [0.5, 0.6) is 0 Å². The molecule has 4 aliphatic rings. The Morgan fingerprint density at radius 3 is 2.30 bits per heavy atom. The van der Waals surface area contributed by atoms with Crippen molar-refractivity contribution in [3.63, 3.8) is 0 Å². The molecule has 0 aromatic rings. The van der Waals surface area contributed by atoms with Crippen molar-refractivity contribution in [1.29, 1.82) is 0 Å². The number of fused-ring (bicyclic) bond motifs is 5. The van der Waals surface area contributed by atoms with E-state index in [1.54, 1.807) is 0 Å². The molecule has 8 atom stereocenters. The first kappa shape index (κ1) is 40.3. The summed E-state index contributed by atoms with van der Waals surface area (Å²) in [5.74, 6) is 4.86. The van der Waals surface area contributed by atoms with Crippen LogP contribution in [0.25, 0.3) is 0 Å². The smallest absolute Gasteiger partial charge is 0.407 e. The van der Waals surface area contributed by atoms with Gasteiger partial charge in [-0.1, -0.05) is 65.5 Å². The molecule has 0 radical (unpaired) electrons. The average Bonchev–Trinajstić information content (AvgIpc) is 3.38. The molecule has 50 heavy (non-hydrogen) atoms. The Labute approximate surface area is 303 Å². The van der Waals surface area contributed by atoms with E-state index in [2.05, 4.69) is 51.3 Å². The number of hydrogen-bond donors (Lipinski definition) is 3. The second kappa shape index (κ2) is 17.4. The van der Waals surface area contributed by atoms with Crippen molar-refractivity contribution in [2.45, 2.75) is 157 Å². The first-order chi connectivity index (χ1) is 23.5. The normalized spacial score (nSPS) is 31.1. The number of carbonyl (C=O) groups is 3. The van der Waals surface area contributed by atoms with Gasteiger partial charge in [0.05, 0.1) is 0 Å². The van der Waals surface area contributed by atoms with Gasteiger partial charge in [-0.05, 0) is 131 Å². The van der Waals surface area contributed by atoms with E-state index in [1.807, 2.05) is 20.8 Å². The van der Waals surface area contributed by atoms with Crippen molar-refractivity contribution in [3.05, 3.63) is 11.6 Å². The van der Waals surface area contributed by atoms with Crippen LogP contribution in [0.1, 0.15) is 145 Å². The highest BCUT2D eigenvalue weighted by atomic mass is 16.6. The van der Waals surface area contributed by atoms with Gasteiger partial charge < -0.3 is 30.1 Å². The van der Waals surface area contributed by atoms with Crippen LogP contribution in [-0.2, 0) is 9.47 Å². The maximum Gasteiger partial charge on any atom is 0.407 e. The molecule has 3 saturated carbocycles. The second-order valence-corrected chi connectivity index (χ2v) is 18.2. The van der Waals surface area contributed by atoms with Crippen LogP contribution >= 0.6 is 0 Å². The fourth-order valence-electron chi connectivity index (χ4n) is 10.6. The molecule has 3 amide bonds. The standard InChI is InChI=1S/C41H71N3O6/c1-28(2)13-11-14-29(3)33-17-18-34-32-16-15-30-27-31(19-21-40(30,7)35(32)20-22-41(33,34)8)49-36(45)42-24-12-26-44(38(47)48)25-10-9-23-43-37(46)50-39(4,5)6/h15,28-29,31-35H,9-14,16-27H2,1-8H3,(H,42,45)(H,43,46)(H,47,48)/t29-,31+,32+,33-,34+,35+,40+,41-/m1/s1. The van der Waals surface area contributed by atoms with Gasteiger partial charge in [0.25, 0.3) is 0 Å². The molecule has 9 nitrogen and oxygen atoms in total. The highest BCUT2D eigenvalue weighted by molar-refractivity contribution is 5.68. The quantitative estimate of drug-likeness (QED) is 0.116. The zero-order valence-corrected chi connectivity index (χ0v) is 32.8. The summed E-state index contributed by atoms with van der Waals surface area (Å²) in [6, 6.07) is 0. The number of nitrogens with zero attached hydrogens (tertiary/aromatic N) is 1. The topological polar surface area (TPSA) is 117 Å². The fourth-order valence-corrected chi connectivity index (χ4v) is 10.6. The summed E-state index contributed by atoms with van der Waals surface area (Å²) in [6.07, 6.45) is 16.0. The minimum Gasteiger partial charge on any atom is -0.465 e.